The zero-order valence-corrected chi connectivity index (χ0v) is 8.83. The smallest absolute Gasteiger partial charge is 0.187 e. The van der Waals surface area contributed by atoms with Crippen molar-refractivity contribution in [1.82, 2.24) is 0 Å². The van der Waals surface area contributed by atoms with Crippen LogP contribution in [0.25, 0.3) is 0 Å². The molecule has 0 aromatic heterocycles. The number of aliphatic hydroxyl groups excluding tert-OH is 3. The summed E-state index contributed by atoms with van der Waals surface area (Å²) in [4.78, 5) is 0. The molecule has 5 atom stereocenters. The molecule has 88 valence electrons. The van der Waals surface area contributed by atoms with Gasteiger partial charge in [-0.1, -0.05) is 24.0 Å². The van der Waals surface area contributed by atoms with Gasteiger partial charge in [-0.25, -0.2) is 0 Å². The topological polar surface area (TPSA) is 82.5 Å². The van der Waals surface area contributed by atoms with Gasteiger partial charge in [0.15, 0.2) is 5.60 Å². The molecule has 0 radical (unpaired) electrons. The molecule has 5 heteroatoms. The molecule has 3 N–H and O–H groups in total. The van der Waals surface area contributed by atoms with E-state index in [1.165, 1.54) is 19.3 Å². The molecule has 0 amide bonds. The van der Waals surface area contributed by atoms with Crippen LogP contribution in [0.5, 0.6) is 0 Å². The third-order valence-corrected chi connectivity index (χ3v) is 2.69. The van der Waals surface area contributed by atoms with Gasteiger partial charge in [-0.15, -0.1) is 0 Å². The van der Waals surface area contributed by atoms with E-state index in [1.807, 2.05) is 0 Å². The Hall–Kier alpha value is -0.900. The second-order valence-corrected chi connectivity index (χ2v) is 3.89. The molecular weight excluding hydrogens is 212 g/mol. The number of aliphatic hydroxyl groups is 3. The first-order valence-electron chi connectivity index (χ1n) is 5.02. The van der Waals surface area contributed by atoms with Crippen molar-refractivity contribution in [3.63, 3.8) is 0 Å². The molecule has 0 spiro atoms. The second kappa shape index (κ2) is 4.17. The molecule has 16 heavy (non-hydrogen) atoms. The highest BCUT2D eigenvalue weighted by molar-refractivity contribution is 5.37. The van der Waals surface area contributed by atoms with Gasteiger partial charge in [-0.05, 0) is 0 Å². The third kappa shape index (κ3) is 1.86. The van der Waals surface area contributed by atoms with Crippen LogP contribution in [-0.4, -0.2) is 59.1 Å². The highest BCUT2D eigenvalue weighted by Crippen LogP contribution is 2.44. The molecule has 0 aromatic rings. The van der Waals surface area contributed by atoms with E-state index in [1.54, 1.807) is 0 Å². The van der Waals surface area contributed by atoms with E-state index >= 15 is 0 Å². The summed E-state index contributed by atoms with van der Waals surface area (Å²) in [6, 6.07) is 0. The van der Waals surface area contributed by atoms with Gasteiger partial charge in [-0.2, -0.15) is 0 Å². The van der Waals surface area contributed by atoms with Crippen LogP contribution in [0.3, 0.4) is 0 Å². The molecular formula is C11H14O5. The van der Waals surface area contributed by atoms with Crippen molar-refractivity contribution in [2.45, 2.75) is 30.0 Å². The van der Waals surface area contributed by atoms with Crippen LogP contribution < -0.4 is 0 Å². The van der Waals surface area contributed by atoms with Gasteiger partial charge >= 0.3 is 0 Å². The van der Waals surface area contributed by atoms with E-state index in [4.69, 9.17) is 9.47 Å². The summed E-state index contributed by atoms with van der Waals surface area (Å²) in [6.45, 7) is 0.0994. The minimum Gasteiger partial charge on any atom is -0.386 e. The number of rotatable bonds is 2. The lowest BCUT2D eigenvalue weighted by atomic mass is 9.90. The maximum atomic E-state index is 9.69. The van der Waals surface area contributed by atoms with Gasteiger partial charge < -0.3 is 24.8 Å². The molecule has 5 nitrogen and oxygen atoms in total. The van der Waals surface area contributed by atoms with Gasteiger partial charge in [0.2, 0.25) is 0 Å². The Balaban J connectivity index is 2.08. The molecule has 0 saturated carbocycles. The average Bonchev–Trinajstić information content (AvgIpc) is 2.99. The van der Waals surface area contributed by atoms with Crippen molar-refractivity contribution in [2.75, 3.05) is 13.7 Å². The third-order valence-electron chi connectivity index (χ3n) is 2.69. The second-order valence-electron chi connectivity index (χ2n) is 3.89. The molecule has 0 aromatic carbocycles. The fourth-order valence-electron chi connectivity index (χ4n) is 1.77. The van der Waals surface area contributed by atoms with Crippen molar-refractivity contribution in [3.8, 4) is 11.8 Å². The maximum Gasteiger partial charge on any atom is 0.187 e. The number of epoxide rings is 1. The summed E-state index contributed by atoms with van der Waals surface area (Å²) in [5, 5.41) is 28.5. The highest BCUT2D eigenvalue weighted by Gasteiger charge is 2.64. The number of methoxy groups -OCH3 is 1. The van der Waals surface area contributed by atoms with Crippen molar-refractivity contribution < 1.29 is 24.8 Å². The Morgan fingerprint density at radius 1 is 1.50 bits per heavy atom. The van der Waals surface area contributed by atoms with E-state index < -0.39 is 30.0 Å². The monoisotopic (exact) mass is 226 g/mol. The van der Waals surface area contributed by atoms with Crippen LogP contribution in [0.1, 0.15) is 0 Å². The fraction of sp³-hybridized carbons (Fsp3) is 0.636. The Labute approximate surface area is 93.3 Å². The summed E-state index contributed by atoms with van der Waals surface area (Å²) in [7, 11) is 1.46. The van der Waals surface area contributed by atoms with E-state index in [-0.39, 0.29) is 6.61 Å². The fourth-order valence-corrected chi connectivity index (χ4v) is 1.77. The van der Waals surface area contributed by atoms with Gasteiger partial charge in [0.05, 0.1) is 6.61 Å². The Morgan fingerprint density at radius 2 is 2.25 bits per heavy atom. The van der Waals surface area contributed by atoms with Crippen LogP contribution in [0.2, 0.25) is 0 Å². The van der Waals surface area contributed by atoms with Crippen molar-refractivity contribution in [1.29, 1.82) is 0 Å². The molecule has 2 rings (SSSR count). The molecule has 1 aliphatic heterocycles. The lowest BCUT2D eigenvalue weighted by Gasteiger charge is -2.16. The molecule has 1 aliphatic carbocycles. The van der Waals surface area contributed by atoms with Gasteiger partial charge in [-0.3, -0.25) is 0 Å². The van der Waals surface area contributed by atoms with Gasteiger partial charge in [0.1, 0.15) is 24.4 Å². The summed E-state index contributed by atoms with van der Waals surface area (Å²) in [6.07, 6.45) is -0.117. The SMILES string of the molecule is COC[C@@H](O)C#C[C@@]12O[C@@H]1[C@@H](O)C=C[C@@H]2O. The van der Waals surface area contributed by atoms with Crippen molar-refractivity contribution in [2.24, 2.45) is 0 Å². The number of ether oxygens (including phenoxy) is 2. The first-order chi connectivity index (χ1) is 7.60. The lowest BCUT2D eigenvalue weighted by molar-refractivity contribution is 0.0979. The van der Waals surface area contributed by atoms with E-state index in [2.05, 4.69) is 11.8 Å². The van der Waals surface area contributed by atoms with Crippen molar-refractivity contribution in [3.05, 3.63) is 12.2 Å². The summed E-state index contributed by atoms with van der Waals surface area (Å²) < 4.78 is 9.95. The Bertz CT molecular complexity index is 355. The number of hydrogen-bond acceptors (Lipinski definition) is 5. The first kappa shape index (κ1) is 11.6. The Morgan fingerprint density at radius 3 is 2.94 bits per heavy atom. The van der Waals surface area contributed by atoms with E-state index in [9.17, 15) is 15.3 Å². The van der Waals surface area contributed by atoms with Crippen LogP contribution in [0.4, 0.5) is 0 Å². The lowest BCUT2D eigenvalue weighted by Crippen LogP contribution is -2.37. The van der Waals surface area contributed by atoms with Gasteiger partial charge in [0, 0.05) is 7.11 Å². The minimum absolute atomic E-state index is 0.0994. The molecule has 1 fully saturated rings. The summed E-state index contributed by atoms with van der Waals surface area (Å²) in [5.74, 6) is 5.21. The first-order valence-corrected chi connectivity index (χ1v) is 5.02. The predicted octanol–water partition coefficient (Wildman–Crippen LogP) is -1.57. The quantitative estimate of drug-likeness (QED) is 0.301. The molecule has 1 heterocycles. The molecule has 0 bridgehead atoms. The van der Waals surface area contributed by atoms with Crippen LogP contribution >= 0.6 is 0 Å². The average molecular weight is 226 g/mol. The van der Waals surface area contributed by atoms with Crippen molar-refractivity contribution >= 4 is 0 Å². The van der Waals surface area contributed by atoms with E-state index in [0.29, 0.717) is 0 Å². The zero-order valence-electron chi connectivity index (χ0n) is 8.83. The normalized spacial score (nSPS) is 41.9. The minimum atomic E-state index is -1.05. The summed E-state index contributed by atoms with van der Waals surface area (Å²) >= 11 is 0. The van der Waals surface area contributed by atoms with Crippen LogP contribution in [0.15, 0.2) is 12.2 Å². The van der Waals surface area contributed by atoms with Gasteiger partial charge in [0.25, 0.3) is 0 Å². The van der Waals surface area contributed by atoms with E-state index in [0.717, 1.165) is 0 Å². The largest absolute Gasteiger partial charge is 0.386 e. The standard InChI is InChI=1S/C11H14O5/c1-15-6-7(12)4-5-11-9(14)3-2-8(13)10(11)16-11/h2-3,7-10,12-14H,6H2,1H3/t7-,8-,9-,10+,11-/m0/s1. The maximum absolute atomic E-state index is 9.69. The summed E-state index contributed by atoms with van der Waals surface area (Å²) in [5.41, 5.74) is -1.05. The molecule has 0 unspecified atom stereocenters. The highest BCUT2D eigenvalue weighted by atomic mass is 16.6. The zero-order chi connectivity index (χ0) is 11.8. The molecule has 1 saturated heterocycles. The van der Waals surface area contributed by atoms with Crippen LogP contribution in [-0.2, 0) is 9.47 Å². The Kier molecular flexibility index (Phi) is 3.02. The molecule has 2 aliphatic rings. The number of hydrogen-bond donors (Lipinski definition) is 3. The number of fused-ring (bicyclic) bond motifs is 1. The predicted molar refractivity (Wildman–Crippen MR) is 54.4 cm³/mol. The van der Waals surface area contributed by atoms with Crippen LogP contribution in [0, 0.1) is 11.8 Å².